The molecule has 1 aromatic carbocycles. The van der Waals surface area contributed by atoms with Gasteiger partial charge in [0.05, 0.1) is 0 Å². The Kier molecular flexibility index (Phi) is 7.68. The van der Waals surface area contributed by atoms with Crippen LogP contribution in [0.4, 0.5) is 0 Å². The monoisotopic (exact) mass is 162 g/mol. The summed E-state index contributed by atoms with van der Waals surface area (Å²) in [6.45, 7) is -0.250. The Morgan fingerprint density at radius 1 is 1.30 bits per heavy atom. The summed E-state index contributed by atoms with van der Waals surface area (Å²) >= 11 is 0.855. The Balaban J connectivity index is 0.000000236. The first-order valence-corrected chi connectivity index (χ1v) is 4.47. The molecule has 0 aromatic heterocycles. The van der Waals surface area contributed by atoms with Gasteiger partial charge in [0.15, 0.2) is 0 Å². The first-order valence-electron chi connectivity index (χ1n) is 2.90. The molecular formula is C7H7KO2. The molecule has 1 N–H and O–H groups in total. The van der Waals surface area contributed by atoms with Crippen LogP contribution in [0.2, 0.25) is 0 Å². The molecule has 0 spiro atoms. The first-order chi connectivity index (χ1) is 4.81. The molecule has 48 valence electrons. The van der Waals surface area contributed by atoms with E-state index in [0.29, 0.717) is 0 Å². The average Bonchev–Trinajstić information content (AvgIpc) is 1.91. The van der Waals surface area contributed by atoms with Crippen molar-refractivity contribution in [1.82, 2.24) is 0 Å². The summed E-state index contributed by atoms with van der Waals surface area (Å²) in [7, 11) is 0. The zero-order valence-electron chi connectivity index (χ0n) is 5.82. The summed E-state index contributed by atoms with van der Waals surface area (Å²) in [6.07, 6.45) is 0. The van der Waals surface area contributed by atoms with Crippen molar-refractivity contribution in [2.75, 3.05) is 0 Å². The molecule has 0 atom stereocenters. The third-order valence-corrected chi connectivity index (χ3v) is 1.98. The third-order valence-electron chi connectivity index (χ3n) is 0.940. The fourth-order valence-corrected chi connectivity index (χ4v) is 1.14. The molecule has 0 heterocycles. The Bertz CT molecular complexity index is 174. The minimum absolute atomic E-state index is 0.250. The molecule has 0 aliphatic carbocycles. The van der Waals surface area contributed by atoms with Gasteiger partial charge >= 0.3 is 78.9 Å². The molecule has 0 aliphatic rings. The molecule has 3 heteroatoms. The topological polar surface area (TPSA) is 37.3 Å². The number of hydrogen-bond acceptors (Lipinski definition) is 1. The fraction of sp³-hybridized carbons (Fsp3) is 0. The van der Waals surface area contributed by atoms with Crippen molar-refractivity contribution >= 4 is 55.1 Å². The summed E-state index contributed by atoms with van der Waals surface area (Å²) in [6, 6.07) is 10.6. The maximum absolute atomic E-state index is 8.36. The Labute approximate surface area is 93.8 Å². The van der Waals surface area contributed by atoms with Crippen LogP contribution in [0, 0.1) is 0 Å². The molecule has 0 saturated heterocycles. The van der Waals surface area contributed by atoms with E-state index in [4.69, 9.17) is 9.90 Å². The van der Waals surface area contributed by atoms with E-state index in [0.717, 1.165) is 49.0 Å². The molecule has 2 nitrogen and oxygen atoms in total. The average molecular weight is 162 g/mol. The van der Waals surface area contributed by atoms with Gasteiger partial charge in [0.2, 0.25) is 0 Å². The molecule has 0 fully saturated rings. The van der Waals surface area contributed by atoms with Gasteiger partial charge in [-0.1, -0.05) is 0 Å². The van der Waals surface area contributed by atoms with Crippen LogP contribution in [0.15, 0.2) is 30.3 Å². The Morgan fingerprint density at radius 3 is 1.90 bits per heavy atom. The second kappa shape index (κ2) is 7.43. The summed E-state index contributed by atoms with van der Waals surface area (Å²) < 4.78 is 1.51. The fourth-order valence-electron chi connectivity index (χ4n) is 0.534. The van der Waals surface area contributed by atoms with Crippen LogP contribution in [0.25, 0.3) is 0 Å². The van der Waals surface area contributed by atoms with Gasteiger partial charge in [-0.25, -0.2) is 0 Å². The van der Waals surface area contributed by atoms with Gasteiger partial charge in [-0.3, -0.25) is 4.79 Å². The van der Waals surface area contributed by atoms with E-state index in [9.17, 15) is 0 Å². The molecule has 1 rings (SSSR count). The standard InChI is InChI=1S/C6H5.CH2O2.K/c1-2-4-6-5-3-1;2-1-3;/h1-5H;1H,(H,2,3);. The summed E-state index contributed by atoms with van der Waals surface area (Å²) in [5, 5.41) is 6.89. The van der Waals surface area contributed by atoms with Crippen molar-refractivity contribution in [3.63, 3.8) is 0 Å². The SMILES string of the molecule is O=CO.[K][c]1ccccc1. The van der Waals surface area contributed by atoms with Gasteiger partial charge in [-0.15, -0.1) is 0 Å². The van der Waals surface area contributed by atoms with Crippen molar-refractivity contribution in [1.29, 1.82) is 0 Å². The molecule has 10 heavy (non-hydrogen) atoms. The van der Waals surface area contributed by atoms with Crippen molar-refractivity contribution < 1.29 is 9.90 Å². The van der Waals surface area contributed by atoms with E-state index >= 15 is 0 Å². The molecule has 1 aromatic rings. The molecule has 0 saturated carbocycles. The quantitative estimate of drug-likeness (QED) is 0.436. The first kappa shape index (κ1) is 10.3. The van der Waals surface area contributed by atoms with E-state index in [-0.39, 0.29) is 6.47 Å². The Hall–Kier alpha value is 0.326. The predicted octanol–water partition coefficient (Wildman–Crippen LogP) is 0.181. The number of hydrogen-bond donors (Lipinski definition) is 1. The third kappa shape index (κ3) is 6.45. The molecule has 0 unspecified atom stereocenters. The van der Waals surface area contributed by atoms with Crippen molar-refractivity contribution in [3.05, 3.63) is 30.3 Å². The van der Waals surface area contributed by atoms with Gasteiger partial charge < -0.3 is 5.11 Å². The summed E-state index contributed by atoms with van der Waals surface area (Å²) in [4.78, 5) is 8.36. The van der Waals surface area contributed by atoms with E-state index in [1.165, 1.54) is -0.342 Å². The van der Waals surface area contributed by atoms with Gasteiger partial charge in [0, 0.05) is 0 Å². The van der Waals surface area contributed by atoms with Crippen LogP contribution in [0.3, 0.4) is 0 Å². The Morgan fingerprint density at radius 2 is 1.70 bits per heavy atom. The minimum atomic E-state index is -0.250. The van der Waals surface area contributed by atoms with Crippen LogP contribution in [0.1, 0.15) is 0 Å². The molecule has 0 radical (unpaired) electrons. The van der Waals surface area contributed by atoms with E-state index < -0.39 is 0 Å². The number of rotatable bonds is 0. The molecule has 0 amide bonds. The van der Waals surface area contributed by atoms with Crippen LogP contribution in [-0.2, 0) is 4.79 Å². The second-order valence-electron chi connectivity index (χ2n) is 1.76. The van der Waals surface area contributed by atoms with Gasteiger partial charge in [-0.2, -0.15) is 0 Å². The predicted molar refractivity (Wildman–Crippen MR) is 40.5 cm³/mol. The van der Waals surface area contributed by atoms with Crippen LogP contribution in [0.5, 0.6) is 0 Å². The van der Waals surface area contributed by atoms with Crippen LogP contribution >= 0.6 is 0 Å². The van der Waals surface area contributed by atoms with Gasteiger partial charge in [0.25, 0.3) is 6.47 Å². The zero-order chi connectivity index (χ0) is 7.82. The van der Waals surface area contributed by atoms with Gasteiger partial charge in [0.1, 0.15) is 0 Å². The number of benzene rings is 1. The van der Waals surface area contributed by atoms with E-state index in [1.54, 1.807) is 0 Å². The van der Waals surface area contributed by atoms with Gasteiger partial charge in [-0.05, 0) is 0 Å². The summed E-state index contributed by atoms with van der Waals surface area (Å²) in [5.41, 5.74) is 0. The van der Waals surface area contributed by atoms with Crippen LogP contribution < -0.4 is -0.342 Å². The van der Waals surface area contributed by atoms with Crippen molar-refractivity contribution in [3.8, 4) is 0 Å². The zero-order valence-corrected chi connectivity index (χ0v) is 8.94. The van der Waals surface area contributed by atoms with E-state index in [2.05, 4.69) is 30.3 Å². The number of carbonyl (C=O) groups is 1. The number of carboxylic acid groups (broad SMARTS) is 1. The van der Waals surface area contributed by atoms with Crippen molar-refractivity contribution in [2.24, 2.45) is 0 Å². The van der Waals surface area contributed by atoms with Crippen LogP contribution in [-0.4, -0.2) is 60.5 Å². The molecule has 0 aliphatic heterocycles. The molecular weight excluding hydrogens is 155 g/mol. The normalized spacial score (nSPS) is 7.40. The van der Waals surface area contributed by atoms with E-state index in [1.807, 2.05) is 0 Å². The second-order valence-corrected chi connectivity index (χ2v) is 3.56. The molecule has 0 bridgehead atoms. The maximum atomic E-state index is 8.36. The summed E-state index contributed by atoms with van der Waals surface area (Å²) in [5.74, 6) is 0. The van der Waals surface area contributed by atoms with Crippen molar-refractivity contribution in [2.45, 2.75) is 0 Å².